The number of methoxy groups -OCH3 is 2. The van der Waals surface area contributed by atoms with Gasteiger partial charge in [0.15, 0.2) is 11.5 Å². The van der Waals surface area contributed by atoms with Gasteiger partial charge in [-0.2, -0.15) is 17.7 Å². The molecule has 3 heterocycles. The number of rotatable bonds is 3. The fourth-order valence-electron chi connectivity index (χ4n) is 6.15. The zero-order valence-corrected chi connectivity index (χ0v) is 18.5. The second-order valence-corrected chi connectivity index (χ2v) is 10.5. The Bertz CT molecular complexity index is 1090. The molecule has 30 heavy (non-hydrogen) atoms. The summed E-state index contributed by atoms with van der Waals surface area (Å²) in [6.07, 6.45) is 2.52. The smallest absolute Gasteiger partial charge is 0.277 e. The van der Waals surface area contributed by atoms with E-state index in [1.54, 1.807) is 20.6 Å². The Balaban J connectivity index is 1.53. The van der Waals surface area contributed by atoms with E-state index >= 15 is 0 Å². The number of hydrogen-bond donors (Lipinski definition) is 1. The van der Waals surface area contributed by atoms with Crippen molar-refractivity contribution >= 4 is 22.4 Å². The molecule has 5 atom stereocenters. The molecule has 2 N–H and O–H groups in total. The summed E-state index contributed by atoms with van der Waals surface area (Å²) in [5, 5.41) is 5.48. The number of piperidine rings is 1. The highest BCUT2D eigenvalue weighted by molar-refractivity contribution is 7.86. The lowest BCUT2D eigenvalue weighted by Gasteiger charge is -2.48. The van der Waals surface area contributed by atoms with Gasteiger partial charge in [0.2, 0.25) is 5.84 Å². The van der Waals surface area contributed by atoms with Gasteiger partial charge < -0.3 is 9.47 Å². The van der Waals surface area contributed by atoms with E-state index in [-0.39, 0.29) is 23.9 Å². The van der Waals surface area contributed by atoms with Crippen molar-refractivity contribution in [1.82, 2.24) is 4.31 Å². The number of benzene rings is 1. The molecule has 4 unspecified atom stereocenters. The molecule has 9 nitrogen and oxygen atoms in total. The van der Waals surface area contributed by atoms with E-state index in [1.165, 1.54) is 15.4 Å². The highest BCUT2D eigenvalue weighted by Gasteiger charge is 2.56. The number of ether oxygens (including phenoxy) is 2. The first-order valence-corrected chi connectivity index (χ1v) is 11.7. The topological polar surface area (TPSA) is 107 Å². The number of amidine groups is 1. The van der Waals surface area contributed by atoms with Crippen LogP contribution in [0, 0.1) is 12.8 Å². The second-order valence-electron chi connectivity index (χ2n) is 9.05. The molecule has 0 amide bonds. The SMILES string of the molecule is COc1cc2c(c(C)c1OC)[C@H]1N=CN=C([N+]3(C)CC4CC(C3)N(S(N)(=O)=O)C4)C21. The first-order chi connectivity index (χ1) is 14.2. The molecule has 3 aliphatic heterocycles. The van der Waals surface area contributed by atoms with E-state index in [4.69, 9.17) is 19.6 Å². The van der Waals surface area contributed by atoms with Crippen LogP contribution in [0.3, 0.4) is 0 Å². The molecular formula is C20H28N5O4S+. The number of likely N-dealkylation sites (N-methyl/N-ethyl adjacent to an activating group) is 1. The largest absolute Gasteiger partial charge is 0.493 e. The number of aliphatic imine (C=N–C) groups is 2. The van der Waals surface area contributed by atoms with Crippen LogP contribution in [0.15, 0.2) is 16.1 Å². The number of nitrogens with zero attached hydrogens (tertiary/aromatic N) is 4. The Hall–Kier alpha value is -2.01. The summed E-state index contributed by atoms with van der Waals surface area (Å²) in [5.74, 6) is 2.84. The van der Waals surface area contributed by atoms with Crippen LogP contribution in [-0.2, 0) is 10.2 Å². The number of nitrogens with two attached hydrogens (primary N) is 1. The highest BCUT2D eigenvalue weighted by Crippen LogP contribution is 2.56. The van der Waals surface area contributed by atoms with Crippen LogP contribution in [-0.4, -0.2) is 76.3 Å². The van der Waals surface area contributed by atoms with Crippen LogP contribution in [0.25, 0.3) is 0 Å². The first kappa shape index (κ1) is 19.9. The van der Waals surface area contributed by atoms with Crippen LogP contribution >= 0.6 is 0 Å². The van der Waals surface area contributed by atoms with Crippen LogP contribution in [0.4, 0.5) is 0 Å². The van der Waals surface area contributed by atoms with Crippen LogP contribution in [0.1, 0.15) is 35.1 Å². The first-order valence-electron chi connectivity index (χ1n) is 10.2. The number of hydrogen-bond acceptors (Lipinski definition) is 6. The maximum absolute atomic E-state index is 12.0. The molecule has 0 spiro atoms. The molecule has 4 aliphatic rings. The second kappa shape index (κ2) is 6.49. The minimum atomic E-state index is -3.69. The van der Waals surface area contributed by atoms with E-state index in [2.05, 4.69) is 12.0 Å². The minimum absolute atomic E-state index is 0.0104. The third-order valence-corrected chi connectivity index (χ3v) is 8.34. The van der Waals surface area contributed by atoms with Gasteiger partial charge in [-0.1, -0.05) is 0 Å². The van der Waals surface area contributed by atoms with Crippen LogP contribution < -0.4 is 14.6 Å². The zero-order valence-electron chi connectivity index (χ0n) is 17.7. The van der Waals surface area contributed by atoms with E-state index in [1.807, 2.05) is 13.0 Å². The standard InChI is InChI=1S/C20H28N5O4S/c1-11-16-14(6-15(28-3)19(11)29-4)17-18(16)22-10-23-20(17)25(2)8-12-5-13(9-25)24(7-12)30(21,26)27/h6,10,12-13,17-18H,5,7-9H2,1-4H3,(H2,21,26,27)/q+1/t12?,13?,17?,18-,25?/m1/s1. The summed E-state index contributed by atoms with van der Waals surface area (Å²) in [5.41, 5.74) is 3.40. The zero-order chi connectivity index (χ0) is 21.4. The van der Waals surface area contributed by atoms with E-state index in [0.29, 0.717) is 23.3 Å². The molecule has 0 saturated carbocycles. The maximum Gasteiger partial charge on any atom is 0.277 e. The Morgan fingerprint density at radius 1 is 1.27 bits per heavy atom. The Labute approximate surface area is 177 Å². The van der Waals surface area contributed by atoms with Crippen molar-refractivity contribution in [2.45, 2.75) is 31.3 Å². The predicted molar refractivity (Wildman–Crippen MR) is 113 cm³/mol. The van der Waals surface area contributed by atoms with Crippen LogP contribution in [0.5, 0.6) is 11.5 Å². The normalized spacial score (nSPS) is 34.6. The fraction of sp³-hybridized carbons (Fsp3) is 0.600. The molecule has 5 rings (SSSR count). The Kier molecular flexibility index (Phi) is 4.31. The monoisotopic (exact) mass is 434 g/mol. The van der Waals surface area contributed by atoms with Crippen molar-refractivity contribution in [2.24, 2.45) is 21.0 Å². The molecule has 2 bridgehead atoms. The van der Waals surface area contributed by atoms with Crippen molar-refractivity contribution in [3.8, 4) is 11.5 Å². The van der Waals surface area contributed by atoms with Gasteiger partial charge in [-0.25, -0.2) is 5.14 Å². The fourth-order valence-corrected chi connectivity index (χ4v) is 7.14. The molecule has 0 aromatic heterocycles. The third-order valence-electron chi connectivity index (χ3n) is 7.24. The average molecular weight is 435 g/mol. The summed E-state index contributed by atoms with van der Waals surface area (Å²) >= 11 is 0. The van der Waals surface area contributed by atoms with Crippen molar-refractivity contribution in [1.29, 1.82) is 0 Å². The van der Waals surface area contributed by atoms with E-state index in [0.717, 1.165) is 30.1 Å². The molecule has 10 heteroatoms. The van der Waals surface area contributed by atoms with Gasteiger partial charge in [0, 0.05) is 18.0 Å². The van der Waals surface area contributed by atoms with Crippen LogP contribution in [0.2, 0.25) is 0 Å². The molecule has 162 valence electrons. The van der Waals surface area contributed by atoms with Gasteiger partial charge in [-0.3, -0.25) is 9.48 Å². The molecule has 1 aliphatic carbocycles. The molecular weight excluding hydrogens is 406 g/mol. The van der Waals surface area contributed by atoms with Crippen molar-refractivity contribution in [3.63, 3.8) is 0 Å². The van der Waals surface area contributed by atoms with Gasteiger partial charge in [-0.15, -0.1) is 0 Å². The number of fused-ring (bicyclic) bond motifs is 6. The average Bonchev–Trinajstić information content (AvgIpc) is 2.99. The molecule has 2 saturated heterocycles. The molecule has 2 fully saturated rings. The lowest BCUT2D eigenvalue weighted by Crippen LogP contribution is -2.62. The molecule has 1 aromatic carbocycles. The van der Waals surface area contributed by atoms with Gasteiger partial charge in [0.1, 0.15) is 18.8 Å². The summed E-state index contributed by atoms with van der Waals surface area (Å²) < 4.78 is 37.3. The van der Waals surface area contributed by atoms with Gasteiger partial charge in [0.25, 0.3) is 10.2 Å². The van der Waals surface area contributed by atoms with Gasteiger partial charge >= 0.3 is 0 Å². The summed E-state index contributed by atoms with van der Waals surface area (Å²) in [4.78, 5) is 9.41. The summed E-state index contributed by atoms with van der Waals surface area (Å²) in [7, 11) is 1.76. The van der Waals surface area contributed by atoms with Crippen molar-refractivity contribution in [2.75, 3.05) is 40.9 Å². The van der Waals surface area contributed by atoms with Gasteiger partial charge in [-0.05, 0) is 30.5 Å². The van der Waals surface area contributed by atoms with Crippen molar-refractivity contribution < 1.29 is 22.4 Å². The number of likely N-dealkylation sites (tertiary alicyclic amines) is 1. The summed E-state index contributed by atoms with van der Waals surface area (Å²) in [6, 6.07) is 1.96. The van der Waals surface area contributed by atoms with E-state index < -0.39 is 10.2 Å². The quantitative estimate of drug-likeness (QED) is 0.715. The predicted octanol–water partition coefficient (Wildman–Crippen LogP) is 0.945. The minimum Gasteiger partial charge on any atom is -0.493 e. The lowest BCUT2D eigenvalue weighted by atomic mass is 9.68. The highest BCUT2D eigenvalue weighted by atomic mass is 32.2. The Morgan fingerprint density at radius 2 is 2.03 bits per heavy atom. The number of quaternary nitrogens is 1. The summed E-state index contributed by atoms with van der Waals surface area (Å²) in [6.45, 7) is 4.05. The third kappa shape index (κ3) is 2.67. The van der Waals surface area contributed by atoms with Gasteiger partial charge in [0.05, 0.1) is 39.9 Å². The Morgan fingerprint density at radius 3 is 2.70 bits per heavy atom. The molecule has 0 radical (unpaired) electrons. The maximum atomic E-state index is 12.0. The lowest BCUT2D eigenvalue weighted by molar-refractivity contribution is -0.832. The van der Waals surface area contributed by atoms with Crippen molar-refractivity contribution in [3.05, 3.63) is 22.8 Å². The molecule has 1 aromatic rings. The van der Waals surface area contributed by atoms with E-state index in [9.17, 15) is 8.42 Å².